The first kappa shape index (κ1) is 23.5. The fourth-order valence-corrected chi connectivity index (χ4v) is 3.42. The fourth-order valence-electron chi connectivity index (χ4n) is 3.13. The van der Waals surface area contributed by atoms with E-state index in [2.05, 4.69) is 10.6 Å². The van der Waals surface area contributed by atoms with Gasteiger partial charge in [-0.2, -0.15) is 0 Å². The average Bonchev–Trinajstić information content (AvgIpc) is 2.71. The van der Waals surface area contributed by atoms with Gasteiger partial charge in [0, 0.05) is 12.1 Å². The second-order valence-electron chi connectivity index (χ2n) is 6.76. The molecule has 1 saturated carbocycles. The van der Waals surface area contributed by atoms with E-state index in [0.29, 0.717) is 28.7 Å². The molecule has 2 rings (SSSR count). The Kier molecular flexibility index (Phi) is 9.47. The predicted octanol–water partition coefficient (Wildman–Crippen LogP) is 3.46. The predicted molar refractivity (Wildman–Crippen MR) is 113 cm³/mol. The van der Waals surface area contributed by atoms with Crippen LogP contribution in [0.5, 0.6) is 11.5 Å². The molecule has 1 fully saturated rings. The van der Waals surface area contributed by atoms with Crippen LogP contribution in [0.3, 0.4) is 0 Å². The zero-order valence-corrected chi connectivity index (χ0v) is 17.9. The lowest BCUT2D eigenvalue weighted by molar-refractivity contribution is -0.143. The molecule has 30 heavy (non-hydrogen) atoms. The van der Waals surface area contributed by atoms with Gasteiger partial charge in [-0.25, -0.2) is 9.59 Å². The Morgan fingerprint density at radius 2 is 1.93 bits per heavy atom. The number of benzene rings is 1. The minimum atomic E-state index is -0.734. The molecule has 2 N–H and O–H groups in total. The molecule has 3 amide bonds. The summed E-state index contributed by atoms with van der Waals surface area (Å²) in [6, 6.07) is 2.78. The van der Waals surface area contributed by atoms with E-state index in [0.717, 1.165) is 38.2 Å². The van der Waals surface area contributed by atoms with Crippen LogP contribution in [0.15, 0.2) is 18.2 Å². The Bertz CT molecular complexity index is 790. The normalized spacial score (nSPS) is 14.2. The first-order chi connectivity index (χ1) is 14.4. The lowest BCUT2D eigenvalue weighted by Crippen LogP contribution is -2.46. The van der Waals surface area contributed by atoms with Gasteiger partial charge in [0.15, 0.2) is 18.1 Å². The molecular formula is C21H27ClN2O6. The van der Waals surface area contributed by atoms with E-state index < -0.39 is 24.5 Å². The number of methoxy groups -OCH3 is 1. The Hall–Kier alpha value is -2.74. The molecule has 0 unspecified atom stereocenters. The van der Waals surface area contributed by atoms with E-state index >= 15 is 0 Å². The highest BCUT2D eigenvalue weighted by Gasteiger charge is 2.17. The molecule has 0 spiro atoms. The van der Waals surface area contributed by atoms with Gasteiger partial charge in [0.05, 0.1) is 18.7 Å². The number of amides is 3. The highest BCUT2D eigenvalue weighted by atomic mass is 35.5. The minimum Gasteiger partial charge on any atom is -0.491 e. The van der Waals surface area contributed by atoms with Crippen molar-refractivity contribution in [3.63, 3.8) is 0 Å². The topological polar surface area (TPSA) is 103 Å². The number of imide groups is 1. The van der Waals surface area contributed by atoms with Crippen LogP contribution in [0.25, 0.3) is 6.08 Å². The number of hydrogen-bond donors (Lipinski definition) is 2. The Morgan fingerprint density at radius 3 is 2.60 bits per heavy atom. The standard InChI is InChI=1S/C21H27ClN2O6/c1-3-29-17-12-14(11-16(22)20(17)28-2)9-10-19(26)30-13-18(25)24-21(27)23-15-7-5-4-6-8-15/h9-12,15H,3-8,13H2,1-2H3,(H2,23,24,25,27). The summed E-state index contributed by atoms with van der Waals surface area (Å²) >= 11 is 6.16. The molecule has 1 aromatic carbocycles. The van der Waals surface area contributed by atoms with Crippen LogP contribution >= 0.6 is 11.6 Å². The summed E-state index contributed by atoms with van der Waals surface area (Å²) in [6.07, 6.45) is 7.73. The van der Waals surface area contributed by atoms with Crippen LogP contribution in [0.1, 0.15) is 44.6 Å². The summed E-state index contributed by atoms with van der Waals surface area (Å²) in [5.41, 5.74) is 0.595. The molecule has 8 nitrogen and oxygen atoms in total. The largest absolute Gasteiger partial charge is 0.491 e. The quantitative estimate of drug-likeness (QED) is 0.476. The zero-order valence-electron chi connectivity index (χ0n) is 17.2. The third-order valence-electron chi connectivity index (χ3n) is 4.49. The van der Waals surface area contributed by atoms with Crippen molar-refractivity contribution >= 4 is 35.6 Å². The second-order valence-corrected chi connectivity index (χ2v) is 7.17. The molecule has 1 aromatic rings. The van der Waals surface area contributed by atoms with Crippen molar-refractivity contribution in [3.05, 3.63) is 28.8 Å². The summed E-state index contributed by atoms with van der Waals surface area (Å²) in [5.74, 6) is -0.579. The molecule has 0 bridgehead atoms. The molecule has 0 heterocycles. The van der Waals surface area contributed by atoms with E-state index in [1.807, 2.05) is 6.92 Å². The number of carbonyl (C=O) groups excluding carboxylic acids is 3. The Balaban J connectivity index is 1.81. The van der Waals surface area contributed by atoms with Gasteiger partial charge in [-0.15, -0.1) is 0 Å². The molecule has 164 valence electrons. The number of hydrogen-bond acceptors (Lipinski definition) is 6. The first-order valence-electron chi connectivity index (χ1n) is 9.88. The van der Waals surface area contributed by atoms with E-state index in [9.17, 15) is 14.4 Å². The third kappa shape index (κ3) is 7.59. The molecule has 0 aromatic heterocycles. The van der Waals surface area contributed by atoms with Gasteiger partial charge in [0.1, 0.15) is 0 Å². The maximum atomic E-state index is 11.9. The Labute approximate surface area is 180 Å². The Morgan fingerprint density at radius 1 is 1.20 bits per heavy atom. The summed E-state index contributed by atoms with van der Waals surface area (Å²) in [6.45, 7) is 1.69. The van der Waals surface area contributed by atoms with Crippen molar-refractivity contribution in [2.45, 2.75) is 45.1 Å². The number of carbonyl (C=O) groups is 3. The highest BCUT2D eigenvalue weighted by Crippen LogP contribution is 2.36. The lowest BCUT2D eigenvalue weighted by atomic mass is 9.96. The highest BCUT2D eigenvalue weighted by molar-refractivity contribution is 6.32. The van der Waals surface area contributed by atoms with E-state index in [4.69, 9.17) is 25.8 Å². The van der Waals surface area contributed by atoms with Crippen LogP contribution in [0.4, 0.5) is 4.79 Å². The van der Waals surface area contributed by atoms with E-state index in [-0.39, 0.29) is 6.04 Å². The number of urea groups is 1. The van der Waals surface area contributed by atoms with Gasteiger partial charge in [0.2, 0.25) is 0 Å². The number of ether oxygens (including phenoxy) is 3. The maximum Gasteiger partial charge on any atom is 0.331 e. The lowest BCUT2D eigenvalue weighted by Gasteiger charge is -2.22. The molecule has 0 radical (unpaired) electrons. The van der Waals surface area contributed by atoms with E-state index in [1.165, 1.54) is 13.2 Å². The van der Waals surface area contributed by atoms with Crippen LogP contribution in [0, 0.1) is 0 Å². The molecule has 1 aliphatic rings. The monoisotopic (exact) mass is 438 g/mol. The molecule has 0 saturated heterocycles. The summed E-state index contributed by atoms with van der Waals surface area (Å²) in [7, 11) is 1.48. The van der Waals surface area contributed by atoms with Crippen molar-refractivity contribution < 1.29 is 28.6 Å². The third-order valence-corrected chi connectivity index (χ3v) is 4.77. The van der Waals surface area contributed by atoms with Gasteiger partial charge in [-0.05, 0) is 43.5 Å². The van der Waals surface area contributed by atoms with Gasteiger partial charge < -0.3 is 19.5 Å². The van der Waals surface area contributed by atoms with Gasteiger partial charge >= 0.3 is 12.0 Å². The molecule has 0 atom stereocenters. The average molecular weight is 439 g/mol. The van der Waals surface area contributed by atoms with Gasteiger partial charge in [-0.1, -0.05) is 30.9 Å². The van der Waals surface area contributed by atoms with Crippen molar-refractivity contribution in [3.8, 4) is 11.5 Å². The summed E-state index contributed by atoms with van der Waals surface area (Å²) in [4.78, 5) is 35.5. The van der Waals surface area contributed by atoms with E-state index in [1.54, 1.807) is 12.1 Å². The maximum absolute atomic E-state index is 11.9. The summed E-state index contributed by atoms with van der Waals surface area (Å²) in [5, 5.41) is 5.25. The summed E-state index contributed by atoms with van der Waals surface area (Å²) < 4.78 is 15.5. The molecule has 1 aliphatic carbocycles. The first-order valence-corrected chi connectivity index (χ1v) is 10.3. The smallest absolute Gasteiger partial charge is 0.331 e. The number of rotatable bonds is 8. The zero-order chi connectivity index (χ0) is 21.9. The molecule has 0 aliphatic heterocycles. The molecular weight excluding hydrogens is 412 g/mol. The van der Waals surface area contributed by atoms with Crippen molar-refractivity contribution in [1.82, 2.24) is 10.6 Å². The van der Waals surface area contributed by atoms with Crippen LogP contribution in [-0.4, -0.2) is 44.3 Å². The number of nitrogens with one attached hydrogen (secondary N) is 2. The van der Waals surface area contributed by atoms with Crippen LogP contribution in [-0.2, 0) is 14.3 Å². The molecule has 9 heteroatoms. The van der Waals surface area contributed by atoms with Gasteiger partial charge in [-0.3, -0.25) is 10.1 Å². The van der Waals surface area contributed by atoms with Crippen LogP contribution < -0.4 is 20.1 Å². The minimum absolute atomic E-state index is 0.0786. The SMILES string of the molecule is CCOc1cc(C=CC(=O)OCC(=O)NC(=O)NC2CCCCC2)cc(Cl)c1OC. The van der Waals surface area contributed by atoms with Crippen molar-refractivity contribution in [2.24, 2.45) is 0 Å². The van der Waals surface area contributed by atoms with Crippen LogP contribution in [0.2, 0.25) is 5.02 Å². The second kappa shape index (κ2) is 12.1. The van der Waals surface area contributed by atoms with Gasteiger partial charge in [0.25, 0.3) is 5.91 Å². The van der Waals surface area contributed by atoms with Crippen molar-refractivity contribution in [2.75, 3.05) is 20.3 Å². The number of esters is 1. The van der Waals surface area contributed by atoms with Crippen molar-refractivity contribution in [1.29, 1.82) is 0 Å². The fraction of sp³-hybridized carbons (Fsp3) is 0.476. The number of halogens is 1.